The van der Waals surface area contributed by atoms with E-state index in [0.717, 1.165) is 29.2 Å². The van der Waals surface area contributed by atoms with E-state index >= 15 is 0 Å². The number of allylic oxidation sites excluding steroid dienone is 2. The lowest BCUT2D eigenvalue weighted by Crippen LogP contribution is -2.29. The van der Waals surface area contributed by atoms with Crippen molar-refractivity contribution < 1.29 is 9.47 Å². The van der Waals surface area contributed by atoms with Crippen LogP contribution in [0.1, 0.15) is 40.6 Å². The summed E-state index contributed by atoms with van der Waals surface area (Å²) in [6.45, 7) is 2.46. The van der Waals surface area contributed by atoms with Crippen LogP contribution in [-0.4, -0.2) is 13.0 Å². The zero-order chi connectivity index (χ0) is 20.8. The third kappa shape index (κ3) is 3.28. The van der Waals surface area contributed by atoms with Crippen molar-refractivity contribution >= 4 is 17.6 Å². The number of aryl methyl sites for hydroxylation is 1. The van der Waals surface area contributed by atoms with Gasteiger partial charge in [-0.2, -0.15) is 0 Å². The van der Waals surface area contributed by atoms with Crippen LogP contribution >= 0.6 is 0 Å². The smallest absolute Gasteiger partial charge is 0.231 e. The van der Waals surface area contributed by atoms with E-state index in [9.17, 15) is 0 Å². The molecule has 0 saturated heterocycles. The topological polar surface area (TPSA) is 42.9 Å². The predicted octanol–water partition coefficient (Wildman–Crippen LogP) is 6.30. The van der Waals surface area contributed by atoms with E-state index in [1.54, 1.807) is 0 Å². The molecule has 0 radical (unpaired) electrons. The molecule has 4 nitrogen and oxygen atoms in total. The number of aliphatic imine (C=N–C) groups is 1. The quantitative estimate of drug-likeness (QED) is 0.408. The van der Waals surface area contributed by atoms with Crippen molar-refractivity contribution in [2.24, 2.45) is 10.9 Å². The fourth-order valence-electron chi connectivity index (χ4n) is 4.95. The van der Waals surface area contributed by atoms with Crippen molar-refractivity contribution in [3.63, 3.8) is 0 Å². The summed E-state index contributed by atoms with van der Waals surface area (Å²) in [5.74, 6) is 2.61. The van der Waals surface area contributed by atoms with Gasteiger partial charge in [0.25, 0.3) is 0 Å². The summed E-state index contributed by atoms with van der Waals surface area (Å²) in [6, 6.07) is 21.5. The third-order valence-corrected chi connectivity index (χ3v) is 6.53. The standard InChI is InChI=1S/C27H24N2O2/c1-17-5-11-24-23(13-17)21-3-2-4-22(21)27(29-24)19-7-9-20(10-8-19)28-15-18-6-12-25-26(14-18)31-16-30-25/h2-3,5-15,21-22,27,29H,4,16H2,1H3/t21-,22+,27+/m1/s1. The maximum Gasteiger partial charge on any atom is 0.231 e. The van der Waals surface area contributed by atoms with Gasteiger partial charge in [0.2, 0.25) is 6.79 Å². The molecule has 0 aromatic heterocycles. The second kappa shape index (κ2) is 7.31. The van der Waals surface area contributed by atoms with E-state index in [2.05, 4.69) is 71.8 Å². The summed E-state index contributed by atoms with van der Waals surface area (Å²) in [6.07, 6.45) is 7.71. The number of nitrogens with one attached hydrogen (secondary N) is 1. The predicted molar refractivity (Wildman–Crippen MR) is 124 cm³/mol. The highest BCUT2D eigenvalue weighted by Gasteiger charge is 2.37. The SMILES string of the molecule is Cc1ccc2c(c1)[C@@H]1C=CC[C@@H]1[C@H](c1ccc(N=Cc3ccc4c(c3)OCO4)cc1)N2. The van der Waals surface area contributed by atoms with E-state index in [0.29, 0.717) is 17.9 Å². The van der Waals surface area contributed by atoms with Crippen LogP contribution in [0.3, 0.4) is 0 Å². The molecule has 3 atom stereocenters. The van der Waals surface area contributed by atoms with Crippen LogP contribution in [-0.2, 0) is 0 Å². The zero-order valence-corrected chi connectivity index (χ0v) is 17.4. The molecule has 0 bridgehead atoms. The van der Waals surface area contributed by atoms with Gasteiger partial charge in [0.05, 0.1) is 11.7 Å². The third-order valence-electron chi connectivity index (χ3n) is 6.53. The first-order chi connectivity index (χ1) is 15.2. The Balaban J connectivity index is 1.23. The van der Waals surface area contributed by atoms with Gasteiger partial charge in [-0.25, -0.2) is 0 Å². The highest BCUT2D eigenvalue weighted by molar-refractivity contribution is 5.83. The second-order valence-electron chi connectivity index (χ2n) is 8.53. The van der Waals surface area contributed by atoms with Gasteiger partial charge in [-0.1, -0.05) is 42.0 Å². The van der Waals surface area contributed by atoms with Crippen molar-refractivity contribution in [3.05, 3.63) is 95.1 Å². The molecule has 2 aliphatic heterocycles. The van der Waals surface area contributed by atoms with E-state index < -0.39 is 0 Å². The fraction of sp³-hybridized carbons (Fsp3) is 0.222. The van der Waals surface area contributed by atoms with Crippen LogP contribution in [0.4, 0.5) is 11.4 Å². The van der Waals surface area contributed by atoms with Gasteiger partial charge in [0.1, 0.15) is 0 Å². The van der Waals surface area contributed by atoms with E-state index in [4.69, 9.17) is 9.47 Å². The van der Waals surface area contributed by atoms with E-state index in [1.807, 2.05) is 24.4 Å². The molecule has 0 unspecified atom stereocenters. The highest BCUT2D eigenvalue weighted by atomic mass is 16.7. The maximum absolute atomic E-state index is 5.44. The molecule has 154 valence electrons. The largest absolute Gasteiger partial charge is 0.454 e. The van der Waals surface area contributed by atoms with Crippen LogP contribution in [0.5, 0.6) is 11.5 Å². The van der Waals surface area contributed by atoms with Gasteiger partial charge in [-0.05, 0) is 72.4 Å². The van der Waals surface area contributed by atoms with Crippen LogP contribution in [0.2, 0.25) is 0 Å². The molecule has 0 spiro atoms. The molecule has 4 heteroatoms. The van der Waals surface area contributed by atoms with Crippen molar-refractivity contribution in [2.45, 2.75) is 25.3 Å². The Labute approximate surface area is 182 Å². The first-order valence-corrected chi connectivity index (χ1v) is 10.8. The van der Waals surface area contributed by atoms with Crippen LogP contribution in [0.15, 0.2) is 77.8 Å². The number of benzene rings is 3. The molecular formula is C27H24N2O2. The number of hydrogen-bond donors (Lipinski definition) is 1. The van der Waals surface area contributed by atoms with Crippen molar-refractivity contribution in [1.29, 1.82) is 0 Å². The molecule has 2 heterocycles. The lowest BCUT2D eigenvalue weighted by atomic mass is 9.76. The molecule has 0 saturated carbocycles. The number of rotatable bonds is 3. The van der Waals surface area contributed by atoms with Crippen LogP contribution < -0.4 is 14.8 Å². The van der Waals surface area contributed by atoms with Crippen LogP contribution in [0.25, 0.3) is 0 Å². The number of ether oxygens (including phenoxy) is 2. The lowest BCUT2D eigenvalue weighted by Gasteiger charge is -2.37. The summed E-state index contributed by atoms with van der Waals surface area (Å²) in [5.41, 5.74) is 7.26. The minimum atomic E-state index is 0.286. The minimum Gasteiger partial charge on any atom is -0.454 e. The summed E-state index contributed by atoms with van der Waals surface area (Å²) in [5, 5.41) is 3.81. The maximum atomic E-state index is 5.44. The van der Waals surface area contributed by atoms with Gasteiger partial charge < -0.3 is 14.8 Å². The summed E-state index contributed by atoms with van der Waals surface area (Å²) >= 11 is 0. The first kappa shape index (κ1) is 18.3. The summed E-state index contributed by atoms with van der Waals surface area (Å²) in [4.78, 5) is 4.65. The Morgan fingerprint density at radius 1 is 0.968 bits per heavy atom. The van der Waals surface area contributed by atoms with Crippen molar-refractivity contribution in [1.82, 2.24) is 0 Å². The Morgan fingerprint density at radius 2 is 1.84 bits per heavy atom. The fourth-order valence-corrected chi connectivity index (χ4v) is 4.95. The molecule has 0 amide bonds. The minimum absolute atomic E-state index is 0.286. The first-order valence-electron chi connectivity index (χ1n) is 10.8. The number of anilines is 1. The summed E-state index contributed by atoms with van der Waals surface area (Å²) in [7, 11) is 0. The highest BCUT2D eigenvalue weighted by Crippen LogP contribution is 2.50. The van der Waals surface area contributed by atoms with Crippen molar-refractivity contribution in [2.75, 3.05) is 12.1 Å². The Kier molecular flexibility index (Phi) is 4.30. The molecular weight excluding hydrogens is 384 g/mol. The number of fused-ring (bicyclic) bond motifs is 4. The molecule has 0 fully saturated rings. The Bertz CT molecular complexity index is 1200. The van der Waals surface area contributed by atoms with Gasteiger partial charge in [-0.15, -0.1) is 0 Å². The molecule has 3 aromatic carbocycles. The molecule has 1 aliphatic carbocycles. The molecule has 3 aliphatic rings. The van der Waals surface area contributed by atoms with Gasteiger partial charge >= 0.3 is 0 Å². The van der Waals surface area contributed by atoms with Gasteiger partial charge in [0.15, 0.2) is 11.5 Å². The average Bonchev–Trinajstić information content (AvgIpc) is 3.47. The van der Waals surface area contributed by atoms with Crippen molar-refractivity contribution in [3.8, 4) is 11.5 Å². The monoisotopic (exact) mass is 408 g/mol. The summed E-state index contributed by atoms with van der Waals surface area (Å²) < 4.78 is 10.8. The van der Waals surface area contributed by atoms with Gasteiger partial charge in [-0.3, -0.25) is 4.99 Å². The van der Waals surface area contributed by atoms with Gasteiger partial charge in [0, 0.05) is 17.8 Å². The Morgan fingerprint density at radius 3 is 2.74 bits per heavy atom. The van der Waals surface area contributed by atoms with E-state index in [1.165, 1.54) is 22.4 Å². The molecule has 6 rings (SSSR count). The molecule has 3 aromatic rings. The molecule has 31 heavy (non-hydrogen) atoms. The second-order valence-corrected chi connectivity index (χ2v) is 8.53. The number of hydrogen-bond acceptors (Lipinski definition) is 4. The Hall–Kier alpha value is -3.53. The normalized spacial score (nSPS) is 22.9. The van der Waals surface area contributed by atoms with Crippen LogP contribution in [0, 0.1) is 12.8 Å². The molecule has 1 N–H and O–H groups in total. The van der Waals surface area contributed by atoms with E-state index in [-0.39, 0.29) is 6.79 Å². The number of nitrogens with zero attached hydrogens (tertiary/aromatic N) is 1. The average molecular weight is 409 g/mol. The zero-order valence-electron chi connectivity index (χ0n) is 17.4. The lowest BCUT2D eigenvalue weighted by molar-refractivity contribution is 0.174.